The minimum Gasteiger partial charge on any atom is -0.356 e. The monoisotopic (exact) mass is 464 g/mol. The molecule has 1 saturated heterocycles. The van der Waals surface area contributed by atoms with E-state index in [-0.39, 0.29) is 24.0 Å². The Morgan fingerprint density at radius 2 is 2.04 bits per heavy atom. The highest BCUT2D eigenvalue weighted by atomic mass is 127. The lowest BCUT2D eigenvalue weighted by Crippen LogP contribution is -2.44. The second-order valence-corrected chi connectivity index (χ2v) is 6.64. The van der Waals surface area contributed by atoms with Gasteiger partial charge in [0.05, 0.1) is 0 Å². The molecule has 8 heteroatoms. The number of halogens is 1. The van der Waals surface area contributed by atoms with Crippen molar-refractivity contribution in [1.82, 2.24) is 20.5 Å². The molecule has 0 spiro atoms. The number of rotatable bonds is 6. The van der Waals surface area contributed by atoms with Gasteiger partial charge in [0.1, 0.15) is 5.82 Å². The van der Waals surface area contributed by atoms with Crippen molar-refractivity contribution in [3.63, 3.8) is 0 Å². The Balaban J connectivity index is 0.00000288. The summed E-state index contributed by atoms with van der Waals surface area (Å²) in [6.07, 6.45) is 4.00. The number of nitrogens with one attached hydrogen (secondary N) is 2. The Bertz CT molecular complexity index is 505. The molecule has 0 atom stereocenters. The zero-order valence-corrected chi connectivity index (χ0v) is 17.9. The standard InChI is InChI=1S/C16H28N6S.HI/c1-17-16(19-6-11-23-3)20-13-14-4-5-18-15(12-14)22-9-7-21(2)8-10-22;/h4-5,12H,6-11,13H2,1-3H3,(H2,17,19,20);1H. The van der Waals surface area contributed by atoms with Gasteiger partial charge in [-0.05, 0) is 31.0 Å². The minimum atomic E-state index is 0. The lowest BCUT2D eigenvalue weighted by Gasteiger charge is -2.33. The van der Waals surface area contributed by atoms with Crippen LogP contribution in [0.5, 0.6) is 0 Å². The summed E-state index contributed by atoms with van der Waals surface area (Å²) in [6.45, 7) is 5.94. The lowest BCUT2D eigenvalue weighted by molar-refractivity contribution is 0.312. The third-order valence-corrected chi connectivity index (χ3v) is 4.53. The predicted molar refractivity (Wildman–Crippen MR) is 116 cm³/mol. The number of guanidine groups is 1. The zero-order valence-electron chi connectivity index (χ0n) is 14.8. The van der Waals surface area contributed by atoms with Gasteiger partial charge in [0.15, 0.2) is 5.96 Å². The van der Waals surface area contributed by atoms with Crippen molar-refractivity contribution < 1.29 is 0 Å². The molecular weight excluding hydrogens is 435 g/mol. The van der Waals surface area contributed by atoms with Crippen LogP contribution < -0.4 is 15.5 Å². The molecule has 2 N–H and O–H groups in total. The van der Waals surface area contributed by atoms with Gasteiger partial charge < -0.3 is 20.4 Å². The van der Waals surface area contributed by atoms with Gasteiger partial charge in [0.25, 0.3) is 0 Å². The van der Waals surface area contributed by atoms with Crippen LogP contribution in [0.25, 0.3) is 0 Å². The van der Waals surface area contributed by atoms with Crippen molar-refractivity contribution in [2.45, 2.75) is 6.54 Å². The van der Waals surface area contributed by atoms with Gasteiger partial charge in [-0.1, -0.05) is 0 Å². The summed E-state index contributed by atoms with van der Waals surface area (Å²) < 4.78 is 0. The minimum absolute atomic E-state index is 0. The topological polar surface area (TPSA) is 55.8 Å². The molecule has 1 aliphatic rings. The smallest absolute Gasteiger partial charge is 0.191 e. The molecule has 2 heterocycles. The van der Waals surface area contributed by atoms with Crippen molar-refractivity contribution >= 4 is 47.5 Å². The van der Waals surface area contributed by atoms with Crippen LogP contribution in [0, 0.1) is 0 Å². The van der Waals surface area contributed by atoms with E-state index in [0.717, 1.165) is 56.8 Å². The Kier molecular flexibility index (Phi) is 10.4. The number of nitrogens with zero attached hydrogens (tertiary/aromatic N) is 4. The molecule has 0 radical (unpaired) electrons. The first-order chi connectivity index (χ1) is 11.2. The molecule has 1 fully saturated rings. The fourth-order valence-corrected chi connectivity index (χ4v) is 2.76. The molecule has 1 aromatic rings. The van der Waals surface area contributed by atoms with Crippen molar-refractivity contribution in [3.05, 3.63) is 23.9 Å². The van der Waals surface area contributed by atoms with E-state index in [0.29, 0.717) is 0 Å². The number of thioether (sulfide) groups is 1. The molecule has 0 aliphatic carbocycles. The van der Waals surface area contributed by atoms with E-state index in [1.54, 1.807) is 7.05 Å². The van der Waals surface area contributed by atoms with E-state index in [1.165, 1.54) is 5.56 Å². The first-order valence-corrected chi connectivity index (χ1v) is 9.44. The summed E-state index contributed by atoms with van der Waals surface area (Å²) >= 11 is 1.82. The molecule has 0 saturated carbocycles. The van der Waals surface area contributed by atoms with Crippen LogP contribution in [0.4, 0.5) is 5.82 Å². The van der Waals surface area contributed by atoms with Gasteiger partial charge in [0.2, 0.25) is 0 Å². The molecule has 24 heavy (non-hydrogen) atoms. The number of hydrogen-bond donors (Lipinski definition) is 2. The van der Waals surface area contributed by atoms with Crippen LogP contribution in [0.3, 0.4) is 0 Å². The Labute approximate surface area is 166 Å². The largest absolute Gasteiger partial charge is 0.356 e. The predicted octanol–water partition coefficient (Wildman–Crippen LogP) is 1.48. The maximum Gasteiger partial charge on any atom is 0.191 e. The Morgan fingerprint density at radius 1 is 1.29 bits per heavy atom. The summed E-state index contributed by atoms with van der Waals surface area (Å²) in [7, 11) is 3.97. The van der Waals surface area contributed by atoms with Crippen molar-refractivity contribution in [3.8, 4) is 0 Å². The maximum absolute atomic E-state index is 4.53. The SMILES string of the molecule is CN=C(NCCSC)NCc1ccnc(N2CCN(C)CC2)c1.I. The van der Waals surface area contributed by atoms with Crippen LogP contribution in [0.1, 0.15) is 5.56 Å². The van der Waals surface area contributed by atoms with Gasteiger partial charge in [-0.2, -0.15) is 11.8 Å². The van der Waals surface area contributed by atoms with E-state index in [9.17, 15) is 0 Å². The maximum atomic E-state index is 4.53. The molecule has 0 bridgehead atoms. The van der Waals surface area contributed by atoms with Crippen LogP contribution in [-0.4, -0.2) is 74.7 Å². The van der Waals surface area contributed by atoms with Gasteiger partial charge >= 0.3 is 0 Å². The highest BCUT2D eigenvalue weighted by Gasteiger charge is 2.15. The number of piperazine rings is 1. The number of likely N-dealkylation sites (N-methyl/N-ethyl adjacent to an activating group) is 1. The average Bonchev–Trinajstić information content (AvgIpc) is 2.59. The molecule has 0 amide bonds. The average molecular weight is 464 g/mol. The number of aromatic nitrogens is 1. The quantitative estimate of drug-likeness (QED) is 0.288. The summed E-state index contributed by atoms with van der Waals surface area (Å²) in [4.78, 5) is 13.5. The first kappa shape index (κ1) is 21.3. The summed E-state index contributed by atoms with van der Waals surface area (Å²) in [6, 6.07) is 4.23. The molecule has 0 unspecified atom stereocenters. The van der Waals surface area contributed by atoms with Gasteiger partial charge in [-0.3, -0.25) is 4.99 Å². The molecule has 1 aromatic heterocycles. The highest BCUT2D eigenvalue weighted by Crippen LogP contribution is 2.14. The molecule has 1 aliphatic heterocycles. The Hall–Kier alpha value is -0.740. The van der Waals surface area contributed by atoms with Gasteiger partial charge in [-0.15, -0.1) is 24.0 Å². The number of aliphatic imine (C=N–C) groups is 1. The summed E-state index contributed by atoms with van der Waals surface area (Å²) in [5.74, 6) is 2.99. The molecular formula is C16H29IN6S. The fourth-order valence-electron chi connectivity index (χ4n) is 2.46. The second-order valence-electron chi connectivity index (χ2n) is 5.66. The zero-order chi connectivity index (χ0) is 16.5. The van der Waals surface area contributed by atoms with E-state index >= 15 is 0 Å². The molecule has 136 valence electrons. The van der Waals surface area contributed by atoms with Gasteiger partial charge in [-0.25, -0.2) is 4.98 Å². The third kappa shape index (κ3) is 7.02. The number of anilines is 1. The molecule has 2 rings (SSSR count). The Morgan fingerprint density at radius 3 is 2.71 bits per heavy atom. The fraction of sp³-hybridized carbons (Fsp3) is 0.625. The van der Waals surface area contributed by atoms with Crippen molar-refractivity contribution in [2.24, 2.45) is 4.99 Å². The van der Waals surface area contributed by atoms with Gasteiger partial charge in [0, 0.05) is 58.3 Å². The van der Waals surface area contributed by atoms with Crippen molar-refractivity contribution in [1.29, 1.82) is 0 Å². The van der Waals surface area contributed by atoms with Crippen LogP contribution in [-0.2, 0) is 6.54 Å². The number of pyridine rings is 1. The van der Waals surface area contributed by atoms with E-state index in [1.807, 2.05) is 18.0 Å². The number of hydrogen-bond acceptors (Lipinski definition) is 5. The second kappa shape index (κ2) is 11.8. The normalized spacial score (nSPS) is 15.8. The van der Waals surface area contributed by atoms with Crippen LogP contribution in [0.15, 0.2) is 23.3 Å². The molecule has 0 aromatic carbocycles. The summed E-state index contributed by atoms with van der Waals surface area (Å²) in [5, 5.41) is 6.67. The van der Waals surface area contributed by atoms with Crippen LogP contribution in [0.2, 0.25) is 0 Å². The first-order valence-electron chi connectivity index (χ1n) is 8.05. The van der Waals surface area contributed by atoms with Crippen molar-refractivity contribution in [2.75, 3.05) is 63.7 Å². The van der Waals surface area contributed by atoms with E-state index in [4.69, 9.17) is 0 Å². The highest BCUT2D eigenvalue weighted by molar-refractivity contribution is 14.0. The van der Waals surface area contributed by atoms with E-state index in [2.05, 4.69) is 55.8 Å². The summed E-state index contributed by atoms with van der Waals surface area (Å²) in [5.41, 5.74) is 1.22. The molecule has 6 nitrogen and oxygen atoms in total. The van der Waals surface area contributed by atoms with Crippen LogP contribution >= 0.6 is 35.7 Å². The third-order valence-electron chi connectivity index (χ3n) is 3.92. The van der Waals surface area contributed by atoms with E-state index < -0.39 is 0 Å². The lowest BCUT2D eigenvalue weighted by atomic mass is 10.2.